The fourth-order valence-corrected chi connectivity index (χ4v) is 4.90. The number of carbonyl (C=O) groups is 1. The van der Waals surface area contributed by atoms with Crippen LogP contribution in [0.2, 0.25) is 0 Å². The lowest BCUT2D eigenvalue weighted by molar-refractivity contribution is -0.117. The number of hydrogen-bond acceptors (Lipinski definition) is 4. The van der Waals surface area contributed by atoms with Crippen LogP contribution in [0.4, 0.5) is 11.4 Å². The van der Waals surface area contributed by atoms with E-state index in [1.807, 2.05) is 35.2 Å². The summed E-state index contributed by atoms with van der Waals surface area (Å²) in [5.74, 6) is 0.845. The molecule has 142 valence electrons. The van der Waals surface area contributed by atoms with Crippen LogP contribution in [0.15, 0.2) is 36.4 Å². The second-order valence-electron chi connectivity index (χ2n) is 6.99. The van der Waals surface area contributed by atoms with Crippen molar-refractivity contribution >= 4 is 27.3 Å². The van der Waals surface area contributed by atoms with Gasteiger partial charge in [0.15, 0.2) is 0 Å². The maximum absolute atomic E-state index is 12.5. The summed E-state index contributed by atoms with van der Waals surface area (Å²) in [5, 5.41) is 0. The zero-order valence-corrected chi connectivity index (χ0v) is 16.0. The van der Waals surface area contributed by atoms with E-state index in [1.54, 1.807) is 13.2 Å². The Labute approximate surface area is 159 Å². The Morgan fingerprint density at radius 2 is 1.89 bits per heavy atom. The van der Waals surface area contributed by atoms with Gasteiger partial charge in [0.2, 0.25) is 15.9 Å². The van der Waals surface area contributed by atoms with Crippen molar-refractivity contribution in [3.8, 4) is 5.75 Å². The van der Waals surface area contributed by atoms with Crippen LogP contribution in [-0.4, -0.2) is 33.7 Å². The van der Waals surface area contributed by atoms with Crippen molar-refractivity contribution in [3.63, 3.8) is 0 Å². The van der Waals surface area contributed by atoms with E-state index in [1.165, 1.54) is 0 Å². The highest BCUT2D eigenvalue weighted by molar-refractivity contribution is 7.92. The van der Waals surface area contributed by atoms with Gasteiger partial charge in [-0.1, -0.05) is 12.1 Å². The van der Waals surface area contributed by atoms with Crippen molar-refractivity contribution in [2.45, 2.75) is 25.7 Å². The van der Waals surface area contributed by atoms with Gasteiger partial charge in [-0.25, -0.2) is 8.42 Å². The summed E-state index contributed by atoms with van der Waals surface area (Å²) in [6.07, 6.45) is 2.55. The second kappa shape index (κ2) is 6.88. The summed E-state index contributed by atoms with van der Waals surface area (Å²) < 4.78 is 32.9. The molecule has 2 aromatic carbocycles. The molecule has 4 rings (SSSR count). The van der Waals surface area contributed by atoms with Crippen molar-refractivity contribution in [2.24, 2.45) is 0 Å². The highest BCUT2D eigenvalue weighted by Crippen LogP contribution is 2.39. The fraction of sp³-hybridized carbons (Fsp3) is 0.350. The predicted molar refractivity (Wildman–Crippen MR) is 105 cm³/mol. The molecule has 0 saturated carbocycles. The lowest BCUT2D eigenvalue weighted by Crippen LogP contribution is -2.31. The number of sulfonamides is 1. The molecule has 2 aliphatic heterocycles. The van der Waals surface area contributed by atoms with Gasteiger partial charge < -0.3 is 9.64 Å². The van der Waals surface area contributed by atoms with E-state index < -0.39 is 10.0 Å². The number of carbonyl (C=O) groups excluding carboxylic acids is 1. The van der Waals surface area contributed by atoms with Crippen LogP contribution in [0, 0.1) is 0 Å². The minimum absolute atomic E-state index is 0.00317. The van der Waals surface area contributed by atoms with Gasteiger partial charge in [0.1, 0.15) is 5.75 Å². The van der Waals surface area contributed by atoms with Gasteiger partial charge in [0.25, 0.3) is 0 Å². The summed E-state index contributed by atoms with van der Waals surface area (Å²) in [4.78, 5) is 14.0. The number of benzene rings is 2. The minimum atomic E-state index is -3.48. The normalized spacial score (nSPS) is 15.6. The van der Waals surface area contributed by atoms with Gasteiger partial charge in [-0.05, 0) is 60.2 Å². The Hall–Kier alpha value is -2.54. The Bertz CT molecular complexity index is 984. The molecule has 0 aliphatic carbocycles. The van der Waals surface area contributed by atoms with Gasteiger partial charge in [0.05, 0.1) is 25.0 Å². The minimum Gasteiger partial charge on any atom is -0.497 e. The number of nitrogens with zero attached hydrogens (tertiary/aromatic N) is 1. The fourth-order valence-electron chi connectivity index (χ4n) is 3.81. The molecule has 0 saturated heterocycles. The van der Waals surface area contributed by atoms with E-state index in [-0.39, 0.29) is 11.7 Å². The average Bonchev–Trinajstić information content (AvgIpc) is 2.97. The molecule has 0 bridgehead atoms. The Morgan fingerprint density at radius 3 is 2.63 bits per heavy atom. The zero-order chi connectivity index (χ0) is 19.0. The van der Waals surface area contributed by atoms with Gasteiger partial charge in [-0.2, -0.15) is 0 Å². The number of hydrogen-bond donors (Lipinski definition) is 1. The van der Waals surface area contributed by atoms with Crippen LogP contribution < -0.4 is 14.4 Å². The molecular weight excluding hydrogens is 364 g/mol. The van der Waals surface area contributed by atoms with Crippen molar-refractivity contribution in [1.29, 1.82) is 0 Å². The summed E-state index contributed by atoms with van der Waals surface area (Å²) in [5.41, 5.74) is 4.46. The van der Waals surface area contributed by atoms with Gasteiger partial charge in [-0.3, -0.25) is 9.52 Å². The van der Waals surface area contributed by atoms with Crippen molar-refractivity contribution in [3.05, 3.63) is 53.1 Å². The largest absolute Gasteiger partial charge is 0.497 e. The number of rotatable bonds is 6. The molecule has 2 heterocycles. The third-order valence-corrected chi connectivity index (χ3v) is 6.39. The number of ether oxygens (including phenoxy) is 1. The Balaban J connectivity index is 1.48. The third kappa shape index (κ3) is 3.64. The maximum Gasteiger partial charge on any atom is 0.233 e. The highest BCUT2D eigenvalue weighted by atomic mass is 32.2. The molecule has 1 amide bonds. The van der Waals surface area contributed by atoms with Crippen LogP contribution in [0.5, 0.6) is 5.75 Å². The van der Waals surface area contributed by atoms with Gasteiger partial charge in [0, 0.05) is 12.2 Å². The van der Waals surface area contributed by atoms with Gasteiger partial charge >= 0.3 is 0 Å². The molecule has 0 atom stereocenters. The van der Waals surface area contributed by atoms with E-state index >= 15 is 0 Å². The third-order valence-electron chi connectivity index (χ3n) is 5.10. The van der Waals surface area contributed by atoms with Crippen LogP contribution >= 0.6 is 0 Å². The SMILES string of the molecule is COc1ccc(CCS(=O)(=O)Nc2cc3c4c(c2)CC(=O)N4CCC3)cc1. The number of methoxy groups -OCH3 is 1. The van der Waals surface area contributed by atoms with Crippen molar-refractivity contribution in [1.82, 2.24) is 0 Å². The first-order valence-corrected chi connectivity index (χ1v) is 10.7. The van der Waals surface area contributed by atoms with E-state index in [9.17, 15) is 13.2 Å². The molecule has 0 fully saturated rings. The van der Waals surface area contributed by atoms with Crippen LogP contribution in [-0.2, 0) is 34.1 Å². The lowest BCUT2D eigenvalue weighted by Gasteiger charge is -2.26. The highest BCUT2D eigenvalue weighted by Gasteiger charge is 2.32. The molecule has 7 heteroatoms. The smallest absolute Gasteiger partial charge is 0.233 e. The number of anilines is 2. The number of aryl methyl sites for hydroxylation is 2. The van der Waals surface area contributed by atoms with E-state index in [0.29, 0.717) is 18.5 Å². The summed E-state index contributed by atoms with van der Waals surface area (Å²) in [6, 6.07) is 11.1. The van der Waals surface area contributed by atoms with E-state index in [0.717, 1.165) is 47.5 Å². The van der Waals surface area contributed by atoms with Crippen LogP contribution in [0.1, 0.15) is 23.1 Å². The van der Waals surface area contributed by atoms with E-state index in [4.69, 9.17) is 4.74 Å². The van der Waals surface area contributed by atoms with E-state index in [2.05, 4.69) is 4.72 Å². The molecule has 27 heavy (non-hydrogen) atoms. The Morgan fingerprint density at radius 1 is 1.15 bits per heavy atom. The average molecular weight is 386 g/mol. The number of nitrogens with one attached hydrogen (secondary N) is 1. The molecule has 2 aromatic rings. The molecule has 0 radical (unpaired) electrons. The molecule has 0 unspecified atom stereocenters. The first kappa shape index (κ1) is 17.9. The number of amides is 1. The molecule has 6 nitrogen and oxygen atoms in total. The topological polar surface area (TPSA) is 75.7 Å². The van der Waals surface area contributed by atoms with Crippen LogP contribution in [0.3, 0.4) is 0 Å². The summed E-state index contributed by atoms with van der Waals surface area (Å²) >= 11 is 0. The standard InChI is InChI=1S/C20H22N2O4S/c1-26-18-6-4-14(5-7-18)8-10-27(24,25)21-17-11-15-3-2-9-22-19(23)13-16(12-17)20(15)22/h4-7,11-12,21H,2-3,8-10,13H2,1H3. The monoisotopic (exact) mass is 386 g/mol. The first-order chi connectivity index (χ1) is 12.9. The van der Waals surface area contributed by atoms with Gasteiger partial charge in [-0.15, -0.1) is 0 Å². The quantitative estimate of drug-likeness (QED) is 0.828. The van der Waals surface area contributed by atoms with Crippen LogP contribution in [0.25, 0.3) is 0 Å². The van der Waals surface area contributed by atoms with Crippen molar-refractivity contribution < 1.29 is 17.9 Å². The summed E-state index contributed by atoms with van der Waals surface area (Å²) in [6.45, 7) is 0.756. The Kier molecular flexibility index (Phi) is 4.55. The molecule has 1 N–H and O–H groups in total. The lowest BCUT2D eigenvalue weighted by atomic mass is 9.99. The second-order valence-corrected chi connectivity index (χ2v) is 8.83. The van der Waals surface area contributed by atoms with Crippen molar-refractivity contribution in [2.75, 3.05) is 29.0 Å². The molecule has 0 spiro atoms. The molecular formula is C20H22N2O4S. The maximum atomic E-state index is 12.5. The molecule has 0 aromatic heterocycles. The molecule has 2 aliphatic rings. The predicted octanol–water partition coefficient (Wildman–Crippen LogP) is 2.51. The summed E-state index contributed by atoms with van der Waals surface area (Å²) in [7, 11) is -1.88. The first-order valence-electron chi connectivity index (χ1n) is 9.05. The zero-order valence-electron chi connectivity index (χ0n) is 15.2.